The average Bonchev–Trinajstić information content (AvgIpc) is 2.57. The van der Waals surface area contributed by atoms with Crippen molar-refractivity contribution in [2.75, 3.05) is 19.0 Å². The third-order valence-corrected chi connectivity index (χ3v) is 4.38. The minimum absolute atomic E-state index is 0.0971. The zero-order chi connectivity index (χ0) is 18.0. The van der Waals surface area contributed by atoms with E-state index in [1.54, 1.807) is 7.11 Å². The van der Waals surface area contributed by atoms with Gasteiger partial charge in [-0.15, -0.1) is 0 Å². The van der Waals surface area contributed by atoms with E-state index in [0.717, 1.165) is 62.1 Å². The van der Waals surface area contributed by atoms with E-state index in [9.17, 15) is 4.79 Å². The molecule has 0 fully saturated rings. The molecule has 0 aromatic heterocycles. The largest absolute Gasteiger partial charge is 0.493 e. The summed E-state index contributed by atoms with van der Waals surface area (Å²) in [7, 11) is 1.60. The second kappa shape index (κ2) is 10.3. The molecule has 1 amide bonds. The minimum Gasteiger partial charge on any atom is -0.493 e. The molecule has 136 valence electrons. The first-order valence-corrected chi connectivity index (χ1v) is 9.07. The molecule has 0 radical (unpaired) electrons. The van der Waals surface area contributed by atoms with Crippen LogP contribution < -0.4 is 10.1 Å². The zero-order valence-corrected chi connectivity index (χ0v) is 15.9. The molecule has 0 heterocycles. The van der Waals surface area contributed by atoms with Gasteiger partial charge < -0.3 is 14.8 Å². The quantitative estimate of drug-likeness (QED) is 0.572. The molecule has 0 spiro atoms. The number of anilines is 1. The van der Waals surface area contributed by atoms with Crippen LogP contribution in [0.3, 0.4) is 0 Å². The topological polar surface area (TPSA) is 47.6 Å². The Kier molecular flexibility index (Phi) is 8.83. The van der Waals surface area contributed by atoms with Gasteiger partial charge in [-0.2, -0.15) is 0 Å². The fourth-order valence-electron chi connectivity index (χ4n) is 2.50. The zero-order valence-electron chi connectivity index (χ0n) is 15.9. The van der Waals surface area contributed by atoms with Gasteiger partial charge in [0.1, 0.15) is 11.4 Å². The molecular weight excluding hydrogens is 302 g/mol. The fourth-order valence-corrected chi connectivity index (χ4v) is 2.50. The van der Waals surface area contributed by atoms with Crippen LogP contribution in [0.1, 0.15) is 64.9 Å². The van der Waals surface area contributed by atoms with Gasteiger partial charge in [-0.25, -0.2) is 0 Å². The summed E-state index contributed by atoms with van der Waals surface area (Å²) in [5.41, 5.74) is 1.01. The normalized spacial score (nSPS) is 13.4. The van der Waals surface area contributed by atoms with Gasteiger partial charge >= 0.3 is 0 Å². The number of carbonyl (C=O) groups excluding carboxylic acids is 1. The number of hydrogen-bond donors (Lipinski definition) is 1. The molecule has 0 unspecified atom stereocenters. The molecule has 1 aromatic carbocycles. The van der Waals surface area contributed by atoms with E-state index in [1.165, 1.54) is 0 Å². The summed E-state index contributed by atoms with van der Waals surface area (Å²) in [5.74, 6) is 0.777. The second-order valence-electron chi connectivity index (χ2n) is 6.53. The average molecular weight is 335 g/mol. The van der Waals surface area contributed by atoms with E-state index in [1.807, 2.05) is 32.0 Å². The summed E-state index contributed by atoms with van der Waals surface area (Å²) < 4.78 is 11.3. The van der Waals surface area contributed by atoms with Gasteiger partial charge in [0.05, 0.1) is 6.61 Å². The summed E-state index contributed by atoms with van der Waals surface area (Å²) in [5, 5.41) is 2.98. The predicted molar refractivity (Wildman–Crippen MR) is 99.8 cm³/mol. The highest BCUT2D eigenvalue weighted by molar-refractivity contribution is 5.97. The molecule has 0 aliphatic carbocycles. The molecule has 1 rings (SSSR count). The molecule has 0 aliphatic heterocycles. The highest BCUT2D eigenvalue weighted by Gasteiger charge is 2.32. The molecule has 0 saturated heterocycles. The Labute approximate surface area is 146 Å². The van der Waals surface area contributed by atoms with Gasteiger partial charge in [0.25, 0.3) is 5.91 Å². The first-order chi connectivity index (χ1) is 11.5. The number of aryl methyl sites for hydroxylation is 1. The van der Waals surface area contributed by atoms with Crippen LogP contribution in [0.5, 0.6) is 5.75 Å². The lowest BCUT2D eigenvalue weighted by Gasteiger charge is -2.27. The van der Waals surface area contributed by atoms with Crippen LogP contribution in [0.25, 0.3) is 0 Å². The number of methoxy groups -OCH3 is 1. The Morgan fingerprint density at radius 2 is 1.88 bits per heavy atom. The van der Waals surface area contributed by atoms with Gasteiger partial charge in [-0.1, -0.05) is 39.5 Å². The van der Waals surface area contributed by atoms with E-state index in [-0.39, 0.29) is 5.91 Å². The molecule has 24 heavy (non-hydrogen) atoms. The number of hydrogen-bond acceptors (Lipinski definition) is 3. The van der Waals surface area contributed by atoms with Gasteiger partial charge in [0.15, 0.2) is 0 Å². The third kappa shape index (κ3) is 6.16. The number of carbonyl (C=O) groups is 1. The fraction of sp³-hybridized carbons (Fsp3) is 0.650. The highest BCUT2D eigenvalue weighted by Crippen LogP contribution is 2.25. The van der Waals surface area contributed by atoms with Crippen molar-refractivity contribution in [2.45, 2.75) is 71.8 Å². The SMILES string of the molecule is CCCCC[C@@](C)(OC)C(=O)Nc1ccc(OCCCC)c(C)c1. The smallest absolute Gasteiger partial charge is 0.256 e. The number of rotatable bonds is 11. The van der Waals surface area contributed by atoms with Crippen LogP contribution in [-0.2, 0) is 9.53 Å². The number of unbranched alkanes of at least 4 members (excludes halogenated alkanes) is 3. The van der Waals surface area contributed by atoms with Crippen molar-refractivity contribution < 1.29 is 14.3 Å². The van der Waals surface area contributed by atoms with Crippen LogP contribution in [-0.4, -0.2) is 25.2 Å². The van der Waals surface area contributed by atoms with Crippen LogP contribution in [0.15, 0.2) is 18.2 Å². The van der Waals surface area contributed by atoms with Gasteiger partial charge in [0, 0.05) is 12.8 Å². The van der Waals surface area contributed by atoms with Gasteiger partial charge in [-0.3, -0.25) is 4.79 Å². The lowest BCUT2D eigenvalue weighted by Crippen LogP contribution is -2.41. The van der Waals surface area contributed by atoms with Crippen molar-refractivity contribution in [3.63, 3.8) is 0 Å². The molecule has 0 aliphatic rings. The Hall–Kier alpha value is -1.55. The Balaban J connectivity index is 2.69. The Bertz CT molecular complexity index is 516. The lowest BCUT2D eigenvalue weighted by molar-refractivity contribution is -0.136. The molecular formula is C20H33NO3. The molecule has 4 nitrogen and oxygen atoms in total. The lowest BCUT2D eigenvalue weighted by atomic mass is 9.97. The summed E-state index contributed by atoms with van der Waals surface area (Å²) in [4.78, 5) is 12.6. The van der Waals surface area contributed by atoms with E-state index in [2.05, 4.69) is 19.2 Å². The first kappa shape index (κ1) is 20.5. The van der Waals surface area contributed by atoms with Crippen molar-refractivity contribution in [1.82, 2.24) is 0 Å². The van der Waals surface area contributed by atoms with Crippen LogP contribution in [0.4, 0.5) is 5.69 Å². The maximum absolute atomic E-state index is 12.6. The highest BCUT2D eigenvalue weighted by atomic mass is 16.5. The molecule has 1 aromatic rings. The Morgan fingerprint density at radius 1 is 1.17 bits per heavy atom. The molecule has 1 atom stereocenters. The van der Waals surface area contributed by atoms with E-state index in [0.29, 0.717) is 0 Å². The van der Waals surface area contributed by atoms with Crippen molar-refractivity contribution in [2.24, 2.45) is 0 Å². The monoisotopic (exact) mass is 335 g/mol. The molecule has 1 N–H and O–H groups in total. The first-order valence-electron chi connectivity index (χ1n) is 9.07. The van der Waals surface area contributed by atoms with Crippen molar-refractivity contribution in [3.05, 3.63) is 23.8 Å². The van der Waals surface area contributed by atoms with Gasteiger partial charge in [0.2, 0.25) is 0 Å². The van der Waals surface area contributed by atoms with E-state index >= 15 is 0 Å². The maximum Gasteiger partial charge on any atom is 0.256 e. The minimum atomic E-state index is -0.792. The van der Waals surface area contributed by atoms with Crippen molar-refractivity contribution >= 4 is 11.6 Å². The summed E-state index contributed by atoms with van der Waals surface area (Å²) in [6.45, 7) is 8.86. The summed E-state index contributed by atoms with van der Waals surface area (Å²) >= 11 is 0. The molecule has 0 bridgehead atoms. The Morgan fingerprint density at radius 3 is 2.46 bits per heavy atom. The summed E-state index contributed by atoms with van der Waals surface area (Å²) in [6.07, 6.45) is 6.09. The van der Waals surface area contributed by atoms with Gasteiger partial charge in [-0.05, 0) is 50.5 Å². The molecule has 4 heteroatoms. The van der Waals surface area contributed by atoms with Crippen molar-refractivity contribution in [1.29, 1.82) is 0 Å². The molecule has 0 saturated carbocycles. The second-order valence-corrected chi connectivity index (χ2v) is 6.53. The van der Waals surface area contributed by atoms with Crippen LogP contribution in [0.2, 0.25) is 0 Å². The van der Waals surface area contributed by atoms with E-state index in [4.69, 9.17) is 9.47 Å². The number of benzene rings is 1. The van der Waals surface area contributed by atoms with E-state index < -0.39 is 5.60 Å². The summed E-state index contributed by atoms with van der Waals surface area (Å²) in [6, 6.07) is 5.75. The van der Waals surface area contributed by atoms with Crippen molar-refractivity contribution in [3.8, 4) is 5.75 Å². The number of nitrogens with one attached hydrogen (secondary N) is 1. The third-order valence-electron chi connectivity index (χ3n) is 4.38. The maximum atomic E-state index is 12.6. The number of amides is 1. The predicted octanol–water partition coefficient (Wildman–Crippen LogP) is 5.10. The van der Waals surface area contributed by atoms with Crippen LogP contribution in [0, 0.1) is 6.92 Å². The standard InChI is InChI=1S/C20H33NO3/c1-6-8-10-13-20(4,23-5)19(22)21-17-11-12-18(16(3)15-17)24-14-9-7-2/h11-12,15H,6-10,13-14H2,1-5H3,(H,21,22)/t20-/m1/s1. The van der Waals surface area contributed by atoms with Crippen LogP contribution >= 0.6 is 0 Å². The number of ether oxygens (including phenoxy) is 2.